The van der Waals surface area contributed by atoms with Crippen molar-refractivity contribution >= 4 is 5.91 Å². The van der Waals surface area contributed by atoms with E-state index < -0.39 is 0 Å². The van der Waals surface area contributed by atoms with Gasteiger partial charge in [-0.1, -0.05) is 5.16 Å². The Labute approximate surface area is 143 Å². The highest BCUT2D eigenvalue weighted by Crippen LogP contribution is 2.59. The van der Waals surface area contributed by atoms with Gasteiger partial charge in [0.15, 0.2) is 5.69 Å². The maximum atomic E-state index is 12.6. The van der Waals surface area contributed by atoms with Crippen LogP contribution in [0, 0.1) is 11.3 Å². The van der Waals surface area contributed by atoms with Crippen LogP contribution in [0.1, 0.15) is 67.1 Å². The van der Waals surface area contributed by atoms with E-state index in [4.69, 9.17) is 4.52 Å². The Bertz CT molecular complexity index is 639. The molecule has 1 atom stereocenters. The smallest absolute Gasteiger partial charge is 0.276 e. The monoisotopic (exact) mass is 329 g/mol. The Morgan fingerprint density at radius 3 is 2.75 bits per heavy atom. The first kappa shape index (κ1) is 14.9. The third-order valence-corrected chi connectivity index (χ3v) is 6.81. The molecule has 2 heterocycles. The number of carbonyl (C=O) groups is 1. The van der Waals surface area contributed by atoms with E-state index in [1.165, 1.54) is 38.6 Å². The zero-order valence-electron chi connectivity index (χ0n) is 14.5. The number of hydrogen-bond acceptors (Lipinski definition) is 4. The van der Waals surface area contributed by atoms with Crippen molar-refractivity contribution in [3.8, 4) is 0 Å². The fraction of sp³-hybridized carbons (Fsp3) is 0.789. The number of nitrogens with zero attached hydrogens (tertiary/aromatic N) is 3. The van der Waals surface area contributed by atoms with Crippen LogP contribution in [0.2, 0.25) is 0 Å². The molecule has 1 saturated heterocycles. The normalized spacial score (nSPS) is 28.6. The third kappa shape index (κ3) is 2.67. The highest BCUT2D eigenvalue weighted by molar-refractivity contribution is 5.92. The van der Waals surface area contributed by atoms with Crippen molar-refractivity contribution in [2.75, 3.05) is 26.7 Å². The molecule has 0 bridgehead atoms. The van der Waals surface area contributed by atoms with Crippen molar-refractivity contribution < 1.29 is 9.32 Å². The largest absolute Gasteiger partial charge is 0.360 e. The standard InChI is InChI=1S/C19H27N3O2/c1-21(15-4-5-15)12-14-11-19(14)6-8-22(9-7-19)18(23)16-10-17(24-20-16)13-2-3-13/h10,13-15H,2-9,11-12H2,1H3/t14-/m1/s1. The Morgan fingerprint density at radius 2 is 2.08 bits per heavy atom. The second-order valence-corrected chi connectivity index (χ2v) is 8.62. The van der Waals surface area contributed by atoms with Crippen molar-refractivity contribution in [1.82, 2.24) is 15.0 Å². The summed E-state index contributed by atoms with van der Waals surface area (Å²) in [6.07, 6.45) is 8.81. The topological polar surface area (TPSA) is 49.6 Å². The van der Waals surface area contributed by atoms with Crippen molar-refractivity contribution in [3.63, 3.8) is 0 Å². The van der Waals surface area contributed by atoms with Crippen LogP contribution in [0.25, 0.3) is 0 Å². The molecule has 4 aliphatic rings. The Kier molecular flexibility index (Phi) is 3.31. The minimum Gasteiger partial charge on any atom is -0.360 e. The minimum absolute atomic E-state index is 0.0628. The van der Waals surface area contributed by atoms with Gasteiger partial charge in [-0.25, -0.2) is 0 Å². The van der Waals surface area contributed by atoms with Crippen LogP contribution in [0.4, 0.5) is 0 Å². The average Bonchev–Trinajstić information content (AvgIpc) is 3.47. The van der Waals surface area contributed by atoms with Crippen molar-refractivity contribution in [2.24, 2.45) is 11.3 Å². The zero-order valence-corrected chi connectivity index (χ0v) is 14.5. The van der Waals surface area contributed by atoms with Gasteiger partial charge in [0, 0.05) is 37.7 Å². The van der Waals surface area contributed by atoms with Gasteiger partial charge in [0.25, 0.3) is 5.91 Å². The predicted molar refractivity (Wildman–Crippen MR) is 89.8 cm³/mol. The van der Waals surface area contributed by atoms with Crippen LogP contribution in [-0.4, -0.2) is 53.6 Å². The maximum absolute atomic E-state index is 12.6. The molecule has 3 saturated carbocycles. The van der Waals surface area contributed by atoms with E-state index in [2.05, 4.69) is 17.1 Å². The second-order valence-electron chi connectivity index (χ2n) is 8.62. The van der Waals surface area contributed by atoms with E-state index in [9.17, 15) is 4.79 Å². The quantitative estimate of drug-likeness (QED) is 0.833. The lowest BCUT2D eigenvalue weighted by atomic mass is 9.90. The molecule has 5 heteroatoms. The van der Waals surface area contributed by atoms with E-state index in [0.717, 1.165) is 43.7 Å². The molecule has 0 unspecified atom stereocenters. The van der Waals surface area contributed by atoms with Gasteiger partial charge >= 0.3 is 0 Å². The Morgan fingerprint density at radius 1 is 1.33 bits per heavy atom. The molecule has 24 heavy (non-hydrogen) atoms. The van der Waals surface area contributed by atoms with E-state index in [1.807, 2.05) is 11.0 Å². The van der Waals surface area contributed by atoms with Crippen molar-refractivity contribution in [3.05, 3.63) is 17.5 Å². The van der Waals surface area contributed by atoms with E-state index in [-0.39, 0.29) is 5.91 Å². The third-order valence-electron chi connectivity index (χ3n) is 6.81. The highest BCUT2D eigenvalue weighted by Gasteiger charge is 2.55. The number of amides is 1. The van der Waals surface area contributed by atoms with Gasteiger partial charge in [-0.05, 0) is 63.3 Å². The van der Waals surface area contributed by atoms with Crippen LogP contribution in [0.5, 0.6) is 0 Å². The summed E-state index contributed by atoms with van der Waals surface area (Å²) < 4.78 is 5.34. The van der Waals surface area contributed by atoms with Crippen LogP contribution < -0.4 is 0 Å². The summed E-state index contributed by atoms with van der Waals surface area (Å²) in [7, 11) is 2.28. The Balaban J connectivity index is 1.15. The van der Waals surface area contributed by atoms with E-state index in [1.54, 1.807) is 0 Å². The maximum Gasteiger partial charge on any atom is 0.276 e. The number of hydrogen-bond donors (Lipinski definition) is 0. The number of aromatic nitrogens is 1. The van der Waals surface area contributed by atoms with E-state index in [0.29, 0.717) is 17.0 Å². The van der Waals surface area contributed by atoms with Crippen molar-refractivity contribution in [2.45, 2.75) is 56.9 Å². The lowest BCUT2D eigenvalue weighted by molar-refractivity contribution is 0.0654. The number of carbonyl (C=O) groups excluding carboxylic acids is 1. The average molecular weight is 329 g/mol. The summed E-state index contributed by atoms with van der Waals surface area (Å²) in [4.78, 5) is 17.2. The number of rotatable bonds is 5. The molecule has 1 spiro atoms. The lowest BCUT2D eigenvalue weighted by Crippen LogP contribution is -2.40. The molecule has 130 valence electrons. The van der Waals surface area contributed by atoms with Crippen LogP contribution in [0.3, 0.4) is 0 Å². The number of piperidine rings is 1. The molecule has 1 aromatic rings. The molecular formula is C19H27N3O2. The first-order valence-corrected chi connectivity index (χ1v) is 9.61. The zero-order chi connectivity index (χ0) is 16.3. The molecule has 5 rings (SSSR count). The van der Waals surface area contributed by atoms with Crippen molar-refractivity contribution in [1.29, 1.82) is 0 Å². The van der Waals surface area contributed by atoms with Gasteiger partial charge in [-0.15, -0.1) is 0 Å². The molecule has 3 aliphatic carbocycles. The van der Waals surface area contributed by atoms with E-state index >= 15 is 0 Å². The Hall–Kier alpha value is -1.36. The fourth-order valence-corrected chi connectivity index (χ4v) is 4.58. The summed E-state index contributed by atoms with van der Waals surface area (Å²) in [5.74, 6) is 2.33. The summed E-state index contributed by atoms with van der Waals surface area (Å²) in [5, 5.41) is 4.01. The SMILES string of the molecule is CN(C[C@H]1CC12CCN(C(=O)c1cc(C3CC3)on1)CC2)C1CC1. The summed E-state index contributed by atoms with van der Waals surface area (Å²) in [5.41, 5.74) is 1.04. The molecule has 1 amide bonds. The first-order valence-electron chi connectivity index (χ1n) is 9.61. The molecule has 5 nitrogen and oxygen atoms in total. The lowest BCUT2D eigenvalue weighted by Gasteiger charge is -2.33. The van der Waals surface area contributed by atoms with Gasteiger partial charge in [0.05, 0.1) is 0 Å². The van der Waals surface area contributed by atoms with Gasteiger partial charge in [0.2, 0.25) is 0 Å². The molecule has 4 fully saturated rings. The van der Waals surface area contributed by atoms with Gasteiger partial charge < -0.3 is 14.3 Å². The highest BCUT2D eigenvalue weighted by atomic mass is 16.5. The van der Waals surface area contributed by atoms with Gasteiger partial charge in [-0.2, -0.15) is 0 Å². The molecule has 1 aliphatic heterocycles. The summed E-state index contributed by atoms with van der Waals surface area (Å²) in [6, 6.07) is 2.73. The molecular weight excluding hydrogens is 302 g/mol. The first-order chi connectivity index (χ1) is 11.6. The molecule has 0 radical (unpaired) electrons. The molecule has 1 aromatic heterocycles. The van der Waals surface area contributed by atoms with Crippen LogP contribution in [0.15, 0.2) is 10.6 Å². The number of likely N-dealkylation sites (tertiary alicyclic amines) is 1. The second kappa shape index (κ2) is 5.32. The summed E-state index contributed by atoms with van der Waals surface area (Å²) >= 11 is 0. The molecule has 0 aromatic carbocycles. The predicted octanol–water partition coefficient (Wildman–Crippen LogP) is 2.89. The summed E-state index contributed by atoms with van der Waals surface area (Å²) in [6.45, 7) is 3.02. The van der Waals surface area contributed by atoms with Crippen LogP contribution >= 0.6 is 0 Å². The van der Waals surface area contributed by atoms with Crippen LogP contribution in [-0.2, 0) is 0 Å². The minimum atomic E-state index is 0.0628. The molecule has 0 N–H and O–H groups in total. The fourth-order valence-electron chi connectivity index (χ4n) is 4.58. The van der Waals surface area contributed by atoms with Gasteiger partial charge in [-0.3, -0.25) is 4.79 Å². The van der Waals surface area contributed by atoms with Gasteiger partial charge in [0.1, 0.15) is 5.76 Å².